The largest absolute Gasteiger partial charge is 0.478 e. The van der Waals surface area contributed by atoms with Gasteiger partial charge < -0.3 is 10.4 Å². The molecule has 0 atom stereocenters. The molecule has 100 valence electrons. The maximum absolute atomic E-state index is 11.1. The maximum Gasteiger partial charge on any atom is 0.335 e. The molecule has 0 bridgehead atoms. The summed E-state index contributed by atoms with van der Waals surface area (Å²) in [7, 11) is 1.83. The first kappa shape index (κ1) is 13.1. The first-order valence-corrected chi connectivity index (χ1v) is 6.01. The van der Waals surface area contributed by atoms with Gasteiger partial charge in [-0.15, -0.1) is 0 Å². The molecule has 2 aromatic rings. The minimum atomic E-state index is -0.956. The van der Waals surface area contributed by atoms with Crippen molar-refractivity contribution >= 4 is 17.5 Å². The average Bonchev–Trinajstić information content (AvgIpc) is 2.67. The Morgan fingerprint density at radius 1 is 1.47 bits per heavy atom. The van der Waals surface area contributed by atoms with Crippen LogP contribution >= 0.6 is 0 Å². The maximum atomic E-state index is 11.1. The molecule has 0 saturated heterocycles. The Bertz CT molecular complexity index is 619. The van der Waals surface area contributed by atoms with Crippen molar-refractivity contribution in [2.75, 3.05) is 5.32 Å². The van der Waals surface area contributed by atoms with Crippen LogP contribution in [0.15, 0.2) is 18.3 Å². The smallest absolute Gasteiger partial charge is 0.335 e. The number of rotatable bonds is 4. The molecule has 0 aliphatic heterocycles. The van der Waals surface area contributed by atoms with Crippen LogP contribution in [-0.2, 0) is 13.5 Å². The van der Waals surface area contributed by atoms with Crippen molar-refractivity contribution in [2.24, 2.45) is 7.05 Å². The van der Waals surface area contributed by atoms with E-state index in [-0.39, 0.29) is 5.56 Å². The Balaban J connectivity index is 2.36. The Labute approximate surface area is 111 Å². The van der Waals surface area contributed by atoms with Gasteiger partial charge in [0.15, 0.2) is 0 Å². The molecule has 0 unspecified atom stereocenters. The number of nitrogens with one attached hydrogen (secondary N) is 1. The number of carbonyl (C=O) groups is 1. The summed E-state index contributed by atoms with van der Waals surface area (Å²) in [6, 6.07) is 3.11. The van der Waals surface area contributed by atoms with Crippen molar-refractivity contribution in [1.29, 1.82) is 0 Å². The highest BCUT2D eigenvalue weighted by Crippen LogP contribution is 2.19. The van der Waals surface area contributed by atoms with Crippen LogP contribution in [0, 0.1) is 6.92 Å². The predicted molar refractivity (Wildman–Crippen MR) is 71.8 cm³/mol. The van der Waals surface area contributed by atoms with Gasteiger partial charge in [0, 0.05) is 18.9 Å². The summed E-state index contributed by atoms with van der Waals surface area (Å²) in [5.41, 5.74) is 2.63. The molecule has 0 aliphatic carbocycles. The number of aryl methyl sites for hydroxylation is 3. The monoisotopic (exact) mass is 260 g/mol. The van der Waals surface area contributed by atoms with E-state index >= 15 is 0 Å². The van der Waals surface area contributed by atoms with Crippen LogP contribution in [-0.4, -0.2) is 25.8 Å². The summed E-state index contributed by atoms with van der Waals surface area (Å²) < 4.78 is 1.69. The van der Waals surface area contributed by atoms with Gasteiger partial charge in [0.25, 0.3) is 0 Å². The van der Waals surface area contributed by atoms with Crippen molar-refractivity contribution in [3.8, 4) is 0 Å². The van der Waals surface area contributed by atoms with Crippen molar-refractivity contribution < 1.29 is 9.90 Å². The number of aromatic nitrogens is 3. The summed E-state index contributed by atoms with van der Waals surface area (Å²) >= 11 is 0. The van der Waals surface area contributed by atoms with Gasteiger partial charge in [-0.3, -0.25) is 4.68 Å². The van der Waals surface area contributed by atoms with Gasteiger partial charge in [-0.1, -0.05) is 6.92 Å². The molecular formula is C13H16N4O2. The lowest BCUT2D eigenvalue weighted by Crippen LogP contribution is -2.03. The van der Waals surface area contributed by atoms with Gasteiger partial charge in [-0.2, -0.15) is 5.10 Å². The van der Waals surface area contributed by atoms with Gasteiger partial charge >= 0.3 is 5.97 Å². The first-order valence-electron chi connectivity index (χ1n) is 6.01. The Morgan fingerprint density at radius 2 is 2.21 bits per heavy atom. The third-order valence-corrected chi connectivity index (χ3v) is 2.76. The Morgan fingerprint density at radius 3 is 2.74 bits per heavy atom. The number of nitrogens with zero attached hydrogens (tertiary/aromatic N) is 3. The second kappa shape index (κ2) is 5.09. The molecular weight excluding hydrogens is 244 g/mol. The van der Waals surface area contributed by atoms with Gasteiger partial charge in [0.2, 0.25) is 0 Å². The number of anilines is 2. The van der Waals surface area contributed by atoms with E-state index < -0.39 is 5.97 Å². The van der Waals surface area contributed by atoms with Crippen LogP contribution in [0.2, 0.25) is 0 Å². The van der Waals surface area contributed by atoms with Crippen molar-refractivity contribution in [2.45, 2.75) is 20.3 Å². The lowest BCUT2D eigenvalue weighted by atomic mass is 10.2. The zero-order valence-electron chi connectivity index (χ0n) is 11.1. The third-order valence-electron chi connectivity index (χ3n) is 2.76. The molecule has 6 nitrogen and oxygen atoms in total. The molecule has 2 heterocycles. The molecule has 6 heteroatoms. The van der Waals surface area contributed by atoms with Crippen LogP contribution < -0.4 is 5.32 Å². The summed E-state index contributed by atoms with van der Waals surface area (Å²) in [5.74, 6) is -0.434. The molecule has 0 fully saturated rings. The number of pyridine rings is 1. The Hall–Kier alpha value is -2.37. The molecule has 2 N–H and O–H groups in total. The highest BCUT2D eigenvalue weighted by Gasteiger charge is 2.10. The topological polar surface area (TPSA) is 80.0 Å². The van der Waals surface area contributed by atoms with Crippen molar-refractivity contribution in [3.05, 3.63) is 35.3 Å². The fraction of sp³-hybridized carbons (Fsp3) is 0.308. The fourth-order valence-corrected chi connectivity index (χ4v) is 1.82. The summed E-state index contributed by atoms with van der Waals surface area (Å²) in [5, 5.41) is 16.4. The summed E-state index contributed by atoms with van der Waals surface area (Å²) in [6.45, 7) is 3.82. The predicted octanol–water partition coefficient (Wildman–Crippen LogP) is 2.13. The zero-order chi connectivity index (χ0) is 14.0. The summed E-state index contributed by atoms with van der Waals surface area (Å²) in [4.78, 5) is 15.4. The second-order valence-corrected chi connectivity index (χ2v) is 4.32. The van der Waals surface area contributed by atoms with Crippen LogP contribution in [0.4, 0.5) is 11.5 Å². The minimum absolute atomic E-state index is 0.232. The van der Waals surface area contributed by atoms with E-state index in [4.69, 9.17) is 5.11 Å². The molecule has 0 radical (unpaired) electrons. The quantitative estimate of drug-likeness (QED) is 0.880. The van der Waals surface area contributed by atoms with Crippen LogP contribution in [0.1, 0.15) is 28.7 Å². The number of hydrogen-bond donors (Lipinski definition) is 2. The van der Waals surface area contributed by atoms with Crippen LogP contribution in [0.25, 0.3) is 0 Å². The van der Waals surface area contributed by atoms with E-state index in [1.807, 2.05) is 27.1 Å². The highest BCUT2D eigenvalue weighted by atomic mass is 16.4. The molecule has 0 aromatic carbocycles. The van der Waals surface area contributed by atoms with E-state index in [9.17, 15) is 4.79 Å². The van der Waals surface area contributed by atoms with Gasteiger partial charge in [-0.05, 0) is 25.5 Å². The standard InChI is InChI=1S/C13H16N4O2/c1-4-10-5-9(13(18)19)6-12(14-10)15-11-7-17(3)16-8(11)2/h5-7H,4H2,1-3H3,(H,14,15)(H,18,19). The molecule has 0 spiro atoms. The minimum Gasteiger partial charge on any atom is -0.478 e. The molecule has 0 aliphatic rings. The number of aromatic carboxylic acids is 1. The normalized spacial score (nSPS) is 10.5. The van der Waals surface area contributed by atoms with Crippen molar-refractivity contribution in [1.82, 2.24) is 14.8 Å². The van der Waals surface area contributed by atoms with Gasteiger partial charge in [0.1, 0.15) is 5.82 Å². The van der Waals surface area contributed by atoms with E-state index in [2.05, 4.69) is 15.4 Å². The molecule has 2 rings (SSSR count). The average molecular weight is 260 g/mol. The van der Waals surface area contributed by atoms with Crippen LogP contribution in [0.3, 0.4) is 0 Å². The Kier molecular flexibility index (Phi) is 3.50. The molecule has 19 heavy (non-hydrogen) atoms. The van der Waals surface area contributed by atoms with Crippen molar-refractivity contribution in [3.63, 3.8) is 0 Å². The molecule has 0 amide bonds. The van der Waals surface area contributed by atoms with E-state index in [0.717, 1.165) is 17.1 Å². The third kappa shape index (κ3) is 2.90. The van der Waals surface area contributed by atoms with E-state index in [0.29, 0.717) is 12.2 Å². The lowest BCUT2D eigenvalue weighted by Gasteiger charge is -2.07. The van der Waals surface area contributed by atoms with E-state index in [1.54, 1.807) is 10.7 Å². The van der Waals surface area contributed by atoms with E-state index in [1.165, 1.54) is 6.07 Å². The molecule has 0 saturated carbocycles. The van der Waals surface area contributed by atoms with Gasteiger partial charge in [0.05, 0.1) is 16.9 Å². The fourth-order valence-electron chi connectivity index (χ4n) is 1.82. The number of carboxylic acids is 1. The highest BCUT2D eigenvalue weighted by molar-refractivity contribution is 5.88. The second-order valence-electron chi connectivity index (χ2n) is 4.32. The SMILES string of the molecule is CCc1cc(C(=O)O)cc(Nc2cn(C)nc2C)n1. The number of hydrogen-bond acceptors (Lipinski definition) is 4. The lowest BCUT2D eigenvalue weighted by molar-refractivity contribution is 0.0696. The zero-order valence-corrected chi connectivity index (χ0v) is 11.1. The van der Waals surface area contributed by atoms with Gasteiger partial charge in [-0.25, -0.2) is 9.78 Å². The summed E-state index contributed by atoms with van der Waals surface area (Å²) in [6.07, 6.45) is 2.51. The van der Waals surface area contributed by atoms with Crippen LogP contribution in [0.5, 0.6) is 0 Å². The first-order chi connectivity index (χ1) is 8.99. The molecule has 2 aromatic heterocycles. The number of carboxylic acid groups (broad SMARTS) is 1.